The molecule has 0 radical (unpaired) electrons. The molecule has 0 saturated carbocycles. The number of amides is 1. The SMILES string of the molecule is O=C(Cc1cccc(C(F)(F)F)c1)NNC(=S)NCc1ccc2c(c1)OCO2. The number of carbonyl (C=O) groups is 1. The van der Waals surface area contributed by atoms with Gasteiger partial charge in [0.1, 0.15) is 0 Å². The smallest absolute Gasteiger partial charge is 0.416 e. The Hall–Kier alpha value is -3.01. The number of fused-ring (bicyclic) bond motifs is 1. The summed E-state index contributed by atoms with van der Waals surface area (Å²) in [7, 11) is 0. The predicted molar refractivity (Wildman–Crippen MR) is 98.4 cm³/mol. The Kier molecular flexibility index (Phi) is 5.88. The van der Waals surface area contributed by atoms with E-state index in [1.54, 1.807) is 6.07 Å². The number of hydrogen-bond acceptors (Lipinski definition) is 4. The van der Waals surface area contributed by atoms with Gasteiger partial charge in [0.2, 0.25) is 12.7 Å². The largest absolute Gasteiger partial charge is 0.454 e. The summed E-state index contributed by atoms with van der Waals surface area (Å²) in [5, 5.41) is 3.06. The number of benzene rings is 2. The van der Waals surface area contributed by atoms with Crippen LogP contribution in [0.4, 0.5) is 13.2 Å². The fourth-order valence-electron chi connectivity index (χ4n) is 2.49. The third kappa shape index (κ3) is 5.26. The molecule has 6 nitrogen and oxygen atoms in total. The van der Waals surface area contributed by atoms with Gasteiger partial charge in [-0.15, -0.1) is 0 Å². The lowest BCUT2D eigenvalue weighted by Gasteiger charge is -2.12. The lowest BCUT2D eigenvalue weighted by Crippen LogP contribution is -2.47. The second kappa shape index (κ2) is 8.34. The van der Waals surface area contributed by atoms with Crippen LogP contribution < -0.4 is 25.6 Å². The molecule has 0 spiro atoms. The van der Waals surface area contributed by atoms with Crippen molar-refractivity contribution in [2.75, 3.05) is 6.79 Å². The highest BCUT2D eigenvalue weighted by Crippen LogP contribution is 2.32. The van der Waals surface area contributed by atoms with Gasteiger partial charge in [-0.3, -0.25) is 15.6 Å². The van der Waals surface area contributed by atoms with Crippen LogP contribution in [0.15, 0.2) is 42.5 Å². The van der Waals surface area contributed by atoms with Crippen LogP contribution in [0.25, 0.3) is 0 Å². The maximum Gasteiger partial charge on any atom is 0.416 e. The van der Waals surface area contributed by atoms with Crippen molar-refractivity contribution in [2.45, 2.75) is 19.1 Å². The molecule has 148 valence electrons. The maximum atomic E-state index is 12.7. The average molecular weight is 411 g/mol. The fraction of sp³-hybridized carbons (Fsp3) is 0.222. The van der Waals surface area contributed by atoms with Crippen molar-refractivity contribution in [1.82, 2.24) is 16.2 Å². The van der Waals surface area contributed by atoms with E-state index in [2.05, 4.69) is 16.2 Å². The lowest BCUT2D eigenvalue weighted by atomic mass is 10.1. The molecule has 0 saturated heterocycles. The molecule has 2 aromatic rings. The van der Waals surface area contributed by atoms with Crippen LogP contribution in [0.2, 0.25) is 0 Å². The number of thiocarbonyl (C=S) groups is 1. The minimum absolute atomic E-state index is 0.162. The van der Waals surface area contributed by atoms with E-state index in [9.17, 15) is 18.0 Å². The molecule has 0 fully saturated rings. The van der Waals surface area contributed by atoms with E-state index >= 15 is 0 Å². The van der Waals surface area contributed by atoms with Gasteiger partial charge >= 0.3 is 6.18 Å². The van der Waals surface area contributed by atoms with Crippen LogP contribution in [0.5, 0.6) is 11.5 Å². The standard InChI is InChI=1S/C18H16F3N3O3S/c19-18(20,21)13-3-1-2-11(6-13)8-16(25)23-24-17(28)22-9-12-4-5-14-15(7-12)27-10-26-14/h1-7H,8-10H2,(H,23,25)(H2,22,24,28). The van der Waals surface area contributed by atoms with Gasteiger partial charge in [-0.2, -0.15) is 13.2 Å². The molecule has 0 aromatic heterocycles. The molecule has 2 aromatic carbocycles. The summed E-state index contributed by atoms with van der Waals surface area (Å²) in [4.78, 5) is 11.9. The van der Waals surface area contributed by atoms with Crippen molar-refractivity contribution in [3.63, 3.8) is 0 Å². The Morgan fingerprint density at radius 3 is 2.61 bits per heavy atom. The minimum atomic E-state index is -4.45. The number of halogens is 3. The molecule has 3 rings (SSSR count). The number of hydrazine groups is 1. The van der Waals surface area contributed by atoms with Crippen molar-refractivity contribution in [2.24, 2.45) is 0 Å². The number of ether oxygens (including phenoxy) is 2. The van der Waals surface area contributed by atoms with Crippen LogP contribution >= 0.6 is 12.2 Å². The maximum absolute atomic E-state index is 12.7. The van der Waals surface area contributed by atoms with Crippen molar-refractivity contribution in [3.8, 4) is 11.5 Å². The van der Waals surface area contributed by atoms with E-state index in [-0.39, 0.29) is 23.9 Å². The Labute approximate surface area is 164 Å². The number of hydrogen-bond donors (Lipinski definition) is 3. The van der Waals surface area contributed by atoms with E-state index in [1.165, 1.54) is 12.1 Å². The van der Waals surface area contributed by atoms with E-state index in [0.29, 0.717) is 18.0 Å². The highest BCUT2D eigenvalue weighted by Gasteiger charge is 2.30. The van der Waals surface area contributed by atoms with Gasteiger partial charge in [0, 0.05) is 6.54 Å². The van der Waals surface area contributed by atoms with Gasteiger partial charge in [-0.05, 0) is 41.5 Å². The summed E-state index contributed by atoms with van der Waals surface area (Å²) in [5.41, 5.74) is 5.20. The molecule has 0 atom stereocenters. The van der Waals surface area contributed by atoms with Crippen LogP contribution in [0, 0.1) is 0 Å². The van der Waals surface area contributed by atoms with Crippen LogP contribution in [-0.4, -0.2) is 17.8 Å². The fourth-order valence-corrected chi connectivity index (χ4v) is 2.61. The first-order valence-corrected chi connectivity index (χ1v) is 8.59. The van der Waals surface area contributed by atoms with Gasteiger partial charge in [-0.1, -0.05) is 24.3 Å². The Morgan fingerprint density at radius 1 is 1.04 bits per heavy atom. The minimum Gasteiger partial charge on any atom is -0.454 e. The average Bonchev–Trinajstić information content (AvgIpc) is 3.12. The molecule has 1 heterocycles. The van der Waals surface area contributed by atoms with Gasteiger partial charge < -0.3 is 14.8 Å². The molecular weight excluding hydrogens is 395 g/mol. The molecule has 1 amide bonds. The topological polar surface area (TPSA) is 71.6 Å². The van der Waals surface area contributed by atoms with Gasteiger partial charge in [0.05, 0.1) is 12.0 Å². The number of rotatable bonds is 4. The first-order valence-electron chi connectivity index (χ1n) is 8.18. The van der Waals surface area contributed by atoms with Crippen LogP contribution in [0.1, 0.15) is 16.7 Å². The quantitative estimate of drug-likeness (QED) is 0.531. The third-order valence-corrected chi connectivity index (χ3v) is 4.07. The van der Waals surface area contributed by atoms with Crippen LogP contribution in [0.3, 0.4) is 0 Å². The summed E-state index contributed by atoms with van der Waals surface area (Å²) < 4.78 is 48.6. The zero-order valence-corrected chi connectivity index (χ0v) is 15.2. The van der Waals surface area contributed by atoms with E-state index in [4.69, 9.17) is 21.7 Å². The normalized spacial score (nSPS) is 12.4. The van der Waals surface area contributed by atoms with Gasteiger partial charge in [-0.25, -0.2) is 0 Å². The van der Waals surface area contributed by atoms with Crippen molar-refractivity contribution in [3.05, 3.63) is 59.2 Å². The monoisotopic (exact) mass is 411 g/mol. The zero-order chi connectivity index (χ0) is 20.1. The van der Waals surface area contributed by atoms with Gasteiger partial charge in [0.25, 0.3) is 0 Å². The Morgan fingerprint density at radius 2 is 1.82 bits per heavy atom. The van der Waals surface area contributed by atoms with Crippen LogP contribution in [-0.2, 0) is 23.9 Å². The first kappa shape index (κ1) is 19.7. The van der Waals surface area contributed by atoms with Gasteiger partial charge in [0.15, 0.2) is 16.6 Å². The molecule has 1 aliphatic rings. The summed E-state index contributed by atoms with van der Waals surface area (Å²) in [6, 6.07) is 10.0. The molecule has 0 bridgehead atoms. The summed E-state index contributed by atoms with van der Waals surface area (Å²) >= 11 is 5.06. The Bertz CT molecular complexity index is 890. The molecule has 28 heavy (non-hydrogen) atoms. The number of alkyl halides is 3. The van der Waals surface area contributed by atoms with E-state index in [0.717, 1.165) is 17.7 Å². The second-order valence-electron chi connectivity index (χ2n) is 5.92. The number of carbonyl (C=O) groups excluding carboxylic acids is 1. The predicted octanol–water partition coefficient (Wildman–Crippen LogP) is 2.67. The van der Waals surface area contributed by atoms with E-state index < -0.39 is 17.6 Å². The summed E-state index contributed by atoms with van der Waals surface area (Å²) in [6.07, 6.45) is -4.67. The molecule has 1 aliphatic heterocycles. The first-order chi connectivity index (χ1) is 13.3. The van der Waals surface area contributed by atoms with E-state index in [1.807, 2.05) is 12.1 Å². The molecule has 3 N–H and O–H groups in total. The highest BCUT2D eigenvalue weighted by atomic mass is 32.1. The van der Waals surface area contributed by atoms with Crippen molar-refractivity contribution >= 4 is 23.2 Å². The Balaban J connectivity index is 1.44. The highest BCUT2D eigenvalue weighted by molar-refractivity contribution is 7.80. The number of nitrogens with one attached hydrogen (secondary N) is 3. The molecular formula is C18H16F3N3O3S. The molecule has 0 unspecified atom stereocenters. The third-order valence-electron chi connectivity index (χ3n) is 3.82. The molecule has 10 heteroatoms. The van der Waals surface area contributed by atoms with Crippen molar-refractivity contribution in [1.29, 1.82) is 0 Å². The zero-order valence-electron chi connectivity index (χ0n) is 14.4. The summed E-state index contributed by atoms with van der Waals surface area (Å²) in [6.45, 7) is 0.566. The summed E-state index contributed by atoms with van der Waals surface area (Å²) in [5.74, 6) is 0.797. The second-order valence-corrected chi connectivity index (χ2v) is 6.33. The van der Waals surface area contributed by atoms with Crippen molar-refractivity contribution < 1.29 is 27.4 Å². The molecule has 0 aliphatic carbocycles. The lowest BCUT2D eigenvalue weighted by molar-refractivity contribution is -0.137.